The molecule has 0 bridgehead atoms. The van der Waals surface area contributed by atoms with Crippen LogP contribution in [-0.4, -0.2) is 27.7 Å². The zero-order valence-corrected chi connectivity index (χ0v) is 36.5. The van der Waals surface area contributed by atoms with Gasteiger partial charge in [-0.2, -0.15) is 8.42 Å². The maximum absolute atomic E-state index is 12.7. The molecule has 0 N–H and O–H groups in total. The number of benzene rings is 1. The Labute approximate surface area is 335 Å². The molecule has 310 valence electrons. The SMILES string of the molecule is CCCCC/C=C\C/C=C\CCCCCCCCC(CCCCCCCC/C=C\C/C=C\CCCCC)(CCCCOS(=O)(=O)c1ccc(C)cc1)OC. The third-order valence-corrected chi connectivity index (χ3v) is 12.0. The molecule has 0 atom stereocenters. The molecule has 54 heavy (non-hydrogen) atoms. The highest BCUT2D eigenvalue weighted by Crippen LogP contribution is 2.32. The quantitative estimate of drug-likeness (QED) is 0.0382. The van der Waals surface area contributed by atoms with Crippen LogP contribution in [0.4, 0.5) is 0 Å². The van der Waals surface area contributed by atoms with E-state index < -0.39 is 10.1 Å². The summed E-state index contributed by atoms with van der Waals surface area (Å²) in [5.41, 5.74) is 0.907. The maximum Gasteiger partial charge on any atom is 0.296 e. The van der Waals surface area contributed by atoms with Crippen LogP contribution in [0.15, 0.2) is 77.8 Å². The Morgan fingerprint density at radius 3 is 1.28 bits per heavy atom. The number of methoxy groups -OCH3 is 1. The number of aryl methyl sites for hydroxylation is 1. The van der Waals surface area contributed by atoms with Gasteiger partial charge in [-0.3, -0.25) is 4.18 Å². The van der Waals surface area contributed by atoms with Gasteiger partial charge in [-0.15, -0.1) is 0 Å². The molecule has 0 amide bonds. The lowest BCUT2D eigenvalue weighted by Crippen LogP contribution is -2.31. The first kappa shape index (κ1) is 50.1. The Kier molecular flexibility index (Phi) is 32.9. The van der Waals surface area contributed by atoms with Crippen molar-refractivity contribution in [2.45, 2.75) is 217 Å². The van der Waals surface area contributed by atoms with E-state index in [0.717, 1.165) is 44.1 Å². The Morgan fingerprint density at radius 2 is 0.870 bits per heavy atom. The van der Waals surface area contributed by atoms with Gasteiger partial charge in [-0.1, -0.05) is 170 Å². The normalized spacial score (nSPS) is 12.8. The van der Waals surface area contributed by atoms with Gasteiger partial charge in [0.2, 0.25) is 0 Å². The van der Waals surface area contributed by atoms with Gasteiger partial charge in [-0.25, -0.2) is 0 Å². The van der Waals surface area contributed by atoms with E-state index in [9.17, 15) is 8.42 Å². The van der Waals surface area contributed by atoms with Crippen molar-refractivity contribution in [2.75, 3.05) is 13.7 Å². The summed E-state index contributed by atoms with van der Waals surface area (Å²) in [4.78, 5) is 0.231. The molecule has 0 saturated carbocycles. The second-order valence-corrected chi connectivity index (χ2v) is 17.2. The standard InChI is InChI=1S/C49H84O4S/c1-5-7-9-11-13-15-17-19-21-23-25-27-29-31-33-35-43-49(52-4,45-37-38-46-53-54(50,51)48-41-39-47(3)40-42-48)44-36-34-32-30-28-26-24-22-20-18-16-14-12-10-8-6-2/h13-16,19-22,39-42H,5-12,17-18,23-38,43-46H2,1-4H3/b15-13-,16-14-,21-19-,22-20-. The molecule has 0 aliphatic carbocycles. The van der Waals surface area contributed by atoms with Gasteiger partial charge in [0.25, 0.3) is 10.1 Å². The molecule has 1 rings (SSSR count). The third-order valence-electron chi connectivity index (χ3n) is 10.7. The van der Waals surface area contributed by atoms with Crippen molar-refractivity contribution in [3.05, 3.63) is 78.4 Å². The minimum Gasteiger partial charge on any atom is -0.378 e. The van der Waals surface area contributed by atoms with E-state index in [2.05, 4.69) is 62.5 Å². The summed E-state index contributed by atoms with van der Waals surface area (Å²) >= 11 is 0. The van der Waals surface area contributed by atoms with Crippen molar-refractivity contribution >= 4 is 10.1 Å². The van der Waals surface area contributed by atoms with E-state index in [-0.39, 0.29) is 17.1 Å². The molecule has 4 nitrogen and oxygen atoms in total. The fraction of sp³-hybridized carbons (Fsp3) is 0.714. The van der Waals surface area contributed by atoms with Gasteiger partial charge in [0.15, 0.2) is 0 Å². The van der Waals surface area contributed by atoms with Crippen LogP contribution in [0.3, 0.4) is 0 Å². The Bertz CT molecular complexity index is 1150. The summed E-state index contributed by atoms with van der Waals surface area (Å²) in [6.07, 6.45) is 53.6. The van der Waals surface area contributed by atoms with Crippen LogP contribution < -0.4 is 0 Å². The molecule has 0 fully saturated rings. The van der Waals surface area contributed by atoms with E-state index >= 15 is 0 Å². The third kappa shape index (κ3) is 28.5. The predicted octanol–water partition coefficient (Wildman–Crippen LogP) is 15.7. The highest BCUT2D eigenvalue weighted by molar-refractivity contribution is 7.86. The van der Waals surface area contributed by atoms with Gasteiger partial charge in [-0.05, 0) is 115 Å². The molecular weight excluding hydrogens is 685 g/mol. The van der Waals surface area contributed by atoms with Crippen molar-refractivity contribution in [1.29, 1.82) is 0 Å². The fourth-order valence-electron chi connectivity index (χ4n) is 7.04. The summed E-state index contributed by atoms with van der Waals surface area (Å²) in [6, 6.07) is 6.87. The van der Waals surface area contributed by atoms with Gasteiger partial charge in [0.1, 0.15) is 0 Å². The molecule has 5 heteroatoms. The van der Waals surface area contributed by atoms with Crippen LogP contribution in [-0.2, 0) is 19.0 Å². The van der Waals surface area contributed by atoms with E-state index in [4.69, 9.17) is 8.92 Å². The van der Waals surface area contributed by atoms with Gasteiger partial charge in [0.05, 0.1) is 17.1 Å². The largest absolute Gasteiger partial charge is 0.378 e. The van der Waals surface area contributed by atoms with Crippen molar-refractivity contribution < 1.29 is 17.3 Å². The number of ether oxygens (including phenoxy) is 1. The zero-order chi connectivity index (χ0) is 39.3. The van der Waals surface area contributed by atoms with Gasteiger partial charge >= 0.3 is 0 Å². The van der Waals surface area contributed by atoms with Crippen molar-refractivity contribution in [3.8, 4) is 0 Å². The van der Waals surface area contributed by atoms with Crippen LogP contribution in [0.1, 0.15) is 206 Å². The molecule has 0 spiro atoms. The van der Waals surface area contributed by atoms with Crippen LogP contribution in [0.2, 0.25) is 0 Å². The van der Waals surface area contributed by atoms with E-state index in [1.807, 2.05) is 26.2 Å². The second-order valence-electron chi connectivity index (χ2n) is 15.6. The van der Waals surface area contributed by atoms with Gasteiger partial charge in [0, 0.05) is 7.11 Å². The fourth-order valence-corrected chi connectivity index (χ4v) is 7.99. The zero-order valence-electron chi connectivity index (χ0n) is 35.7. The Morgan fingerprint density at radius 1 is 0.500 bits per heavy atom. The lowest BCUT2D eigenvalue weighted by atomic mass is 9.85. The molecule has 0 aromatic heterocycles. The summed E-state index contributed by atoms with van der Waals surface area (Å²) in [7, 11) is -1.83. The van der Waals surface area contributed by atoms with Crippen LogP contribution >= 0.6 is 0 Å². The molecule has 1 aromatic rings. The monoisotopic (exact) mass is 769 g/mol. The summed E-state index contributed by atoms with van der Waals surface area (Å²) < 4.78 is 37.0. The highest BCUT2D eigenvalue weighted by atomic mass is 32.2. The van der Waals surface area contributed by atoms with E-state index in [1.165, 1.54) is 141 Å². The lowest BCUT2D eigenvalue weighted by molar-refractivity contribution is -0.0369. The average Bonchev–Trinajstić information content (AvgIpc) is 3.17. The molecule has 0 heterocycles. The first-order chi connectivity index (χ1) is 26.4. The highest BCUT2D eigenvalue weighted by Gasteiger charge is 2.28. The molecule has 0 aliphatic rings. The Hall–Kier alpha value is -1.95. The summed E-state index contributed by atoms with van der Waals surface area (Å²) in [5.74, 6) is 0. The molecule has 0 radical (unpaired) electrons. The molecule has 1 aromatic carbocycles. The number of hydrogen-bond acceptors (Lipinski definition) is 4. The van der Waals surface area contributed by atoms with Crippen molar-refractivity contribution in [1.82, 2.24) is 0 Å². The molecule has 0 saturated heterocycles. The average molecular weight is 769 g/mol. The maximum atomic E-state index is 12.7. The number of unbranched alkanes of at least 4 members (excludes halogenated alkanes) is 19. The number of hydrogen-bond donors (Lipinski definition) is 0. The minimum atomic E-state index is -3.72. The van der Waals surface area contributed by atoms with Crippen LogP contribution in [0.5, 0.6) is 0 Å². The number of allylic oxidation sites excluding steroid dienone is 8. The Balaban J connectivity index is 2.40. The summed E-state index contributed by atoms with van der Waals surface area (Å²) in [6.45, 7) is 6.68. The van der Waals surface area contributed by atoms with Crippen LogP contribution in [0.25, 0.3) is 0 Å². The van der Waals surface area contributed by atoms with Gasteiger partial charge < -0.3 is 4.74 Å². The molecule has 0 unspecified atom stereocenters. The van der Waals surface area contributed by atoms with E-state index in [0.29, 0.717) is 6.42 Å². The second kappa shape index (κ2) is 35.5. The number of rotatable bonds is 38. The molecular formula is C49H84O4S. The lowest BCUT2D eigenvalue weighted by Gasteiger charge is -2.33. The van der Waals surface area contributed by atoms with Crippen molar-refractivity contribution in [2.24, 2.45) is 0 Å². The predicted molar refractivity (Wildman–Crippen MR) is 236 cm³/mol. The smallest absolute Gasteiger partial charge is 0.296 e. The van der Waals surface area contributed by atoms with Crippen molar-refractivity contribution in [3.63, 3.8) is 0 Å². The van der Waals surface area contributed by atoms with E-state index in [1.54, 1.807) is 12.1 Å². The first-order valence-electron chi connectivity index (χ1n) is 22.5. The first-order valence-corrected chi connectivity index (χ1v) is 23.9. The minimum absolute atomic E-state index is 0.125. The summed E-state index contributed by atoms with van der Waals surface area (Å²) in [5, 5.41) is 0. The van der Waals surface area contributed by atoms with Crippen LogP contribution in [0, 0.1) is 6.92 Å². The topological polar surface area (TPSA) is 52.6 Å². The molecule has 0 aliphatic heterocycles.